The Morgan fingerprint density at radius 2 is 1.75 bits per heavy atom. The van der Waals surface area contributed by atoms with Crippen LogP contribution >= 0.6 is 0 Å². The number of anilines is 1. The minimum atomic E-state index is -4.18. The highest BCUT2D eigenvalue weighted by Crippen LogP contribution is 2.51. The summed E-state index contributed by atoms with van der Waals surface area (Å²) in [5.41, 5.74) is 3.84. The number of pyridine rings is 1. The highest BCUT2D eigenvalue weighted by Gasteiger charge is 2.53. The molecule has 222 valence electrons. The summed E-state index contributed by atoms with van der Waals surface area (Å²) >= 11 is 0. The molecule has 6 aromatic rings. The zero-order valence-corrected chi connectivity index (χ0v) is 25.1. The smallest absolute Gasteiger partial charge is 0.269 e. The Bertz CT molecular complexity index is 2240. The van der Waals surface area contributed by atoms with Crippen LogP contribution in [-0.4, -0.2) is 69.5 Å². The SMILES string of the molecule is CN1C(=O)C2(CNCCN2)c2c1cnc1c2c(-c2ccc3c(cnn3C)c2)c(-c2cnn(C)c2)n1S(=O)(=O)c1ccccc1. The summed E-state index contributed by atoms with van der Waals surface area (Å²) in [6.45, 7) is 1.62. The zero-order chi connectivity index (χ0) is 30.4. The van der Waals surface area contributed by atoms with E-state index in [-0.39, 0.29) is 16.4 Å². The van der Waals surface area contributed by atoms with E-state index < -0.39 is 15.6 Å². The molecule has 13 heteroatoms. The molecular weight excluding hydrogens is 578 g/mol. The number of nitrogens with one attached hydrogen (secondary N) is 2. The minimum Gasteiger partial charge on any atom is -0.313 e. The van der Waals surface area contributed by atoms with Gasteiger partial charge in [-0.3, -0.25) is 19.5 Å². The number of nitrogens with zero attached hydrogens (tertiary/aromatic N) is 7. The molecule has 1 atom stereocenters. The topological polar surface area (TPSA) is 132 Å². The number of piperazine rings is 1. The standard InChI is InChI=1S/C31H29N9O3S/c1-37-17-21(15-35-37)28-25(19-9-10-23-20(13-19)14-36-39(23)3)26-27-24(38(2)30(41)31(27)18-32-11-12-34-31)16-33-29(26)40(28)44(42,43)22-7-5-4-6-8-22/h4-10,13-17,32,34H,11-12,18H2,1-3H3. The first-order chi connectivity index (χ1) is 21.2. The fraction of sp³-hybridized carbons (Fsp3) is 0.226. The van der Waals surface area contributed by atoms with Gasteiger partial charge in [0.05, 0.1) is 40.4 Å². The molecule has 0 aliphatic carbocycles. The fourth-order valence-corrected chi connectivity index (χ4v) is 8.28. The normalized spacial score (nSPS) is 18.6. The van der Waals surface area contributed by atoms with Crippen molar-refractivity contribution < 1.29 is 13.2 Å². The summed E-state index contributed by atoms with van der Waals surface area (Å²) in [6.07, 6.45) is 6.85. The molecule has 2 aliphatic rings. The molecule has 1 spiro atoms. The number of hydrogen-bond acceptors (Lipinski definition) is 8. The second-order valence-electron chi connectivity index (χ2n) is 11.3. The van der Waals surface area contributed by atoms with Gasteiger partial charge in [0, 0.05) is 74.4 Å². The van der Waals surface area contributed by atoms with E-state index in [1.165, 1.54) is 3.97 Å². The molecular formula is C31H29N9O3S. The van der Waals surface area contributed by atoms with Crippen molar-refractivity contribution in [3.8, 4) is 22.4 Å². The quantitative estimate of drug-likeness (QED) is 0.313. The highest BCUT2D eigenvalue weighted by molar-refractivity contribution is 7.90. The largest absolute Gasteiger partial charge is 0.313 e. The lowest BCUT2D eigenvalue weighted by Crippen LogP contribution is -2.61. The van der Waals surface area contributed by atoms with Gasteiger partial charge in [-0.25, -0.2) is 17.4 Å². The molecule has 1 saturated heterocycles. The third kappa shape index (κ3) is 3.54. The predicted molar refractivity (Wildman–Crippen MR) is 167 cm³/mol. The van der Waals surface area contributed by atoms with Gasteiger partial charge in [-0.1, -0.05) is 24.3 Å². The maximum atomic E-state index is 14.7. The van der Waals surface area contributed by atoms with Gasteiger partial charge in [-0.2, -0.15) is 10.2 Å². The van der Waals surface area contributed by atoms with Crippen molar-refractivity contribution in [2.24, 2.45) is 14.1 Å². The van der Waals surface area contributed by atoms with E-state index in [1.54, 1.807) is 83.5 Å². The first kappa shape index (κ1) is 26.8. The molecule has 0 bridgehead atoms. The number of carbonyl (C=O) groups is 1. The van der Waals surface area contributed by atoms with E-state index in [9.17, 15) is 13.2 Å². The second-order valence-corrected chi connectivity index (χ2v) is 13.1. The van der Waals surface area contributed by atoms with Gasteiger partial charge in [0.1, 0.15) is 5.54 Å². The van der Waals surface area contributed by atoms with Crippen LogP contribution in [0.4, 0.5) is 5.69 Å². The third-order valence-corrected chi connectivity index (χ3v) is 10.5. The number of amides is 1. The Hall–Kier alpha value is -4.85. The third-order valence-electron chi connectivity index (χ3n) is 8.79. The van der Waals surface area contributed by atoms with Gasteiger partial charge in [0.15, 0.2) is 5.65 Å². The summed E-state index contributed by atoms with van der Waals surface area (Å²) in [4.78, 5) is 20.6. The summed E-state index contributed by atoms with van der Waals surface area (Å²) in [6, 6.07) is 14.3. The number of benzene rings is 2. The summed E-state index contributed by atoms with van der Waals surface area (Å²) < 4.78 is 34.1. The summed E-state index contributed by atoms with van der Waals surface area (Å²) in [5, 5.41) is 17.2. The number of aryl methyl sites for hydroxylation is 2. The maximum Gasteiger partial charge on any atom is 0.269 e. The van der Waals surface area contributed by atoms with Crippen LogP contribution in [0, 0.1) is 0 Å². The van der Waals surface area contributed by atoms with Gasteiger partial charge in [0.2, 0.25) is 0 Å². The van der Waals surface area contributed by atoms with E-state index in [4.69, 9.17) is 4.98 Å². The molecule has 2 N–H and O–H groups in total. The van der Waals surface area contributed by atoms with Crippen molar-refractivity contribution in [2.75, 3.05) is 31.6 Å². The highest BCUT2D eigenvalue weighted by atomic mass is 32.2. The Morgan fingerprint density at radius 3 is 2.48 bits per heavy atom. The fourth-order valence-electron chi connectivity index (χ4n) is 6.76. The minimum absolute atomic E-state index is 0.121. The molecule has 6 heterocycles. The van der Waals surface area contributed by atoms with E-state index >= 15 is 0 Å². The lowest BCUT2D eigenvalue weighted by molar-refractivity contribution is -0.124. The lowest BCUT2D eigenvalue weighted by atomic mass is 9.85. The summed E-state index contributed by atoms with van der Waals surface area (Å²) in [5.74, 6) is -0.121. The maximum absolute atomic E-state index is 14.7. The molecule has 1 unspecified atom stereocenters. The van der Waals surface area contributed by atoms with Crippen molar-refractivity contribution in [2.45, 2.75) is 10.4 Å². The predicted octanol–water partition coefficient (Wildman–Crippen LogP) is 2.59. The van der Waals surface area contributed by atoms with Crippen LogP contribution in [0.2, 0.25) is 0 Å². The molecule has 8 rings (SSSR count). The molecule has 1 fully saturated rings. The van der Waals surface area contributed by atoms with Crippen molar-refractivity contribution in [3.63, 3.8) is 0 Å². The number of rotatable bonds is 4. The first-order valence-electron chi connectivity index (χ1n) is 14.3. The van der Waals surface area contributed by atoms with Crippen molar-refractivity contribution in [3.05, 3.63) is 78.9 Å². The Morgan fingerprint density at radius 1 is 0.932 bits per heavy atom. The van der Waals surface area contributed by atoms with Gasteiger partial charge >= 0.3 is 0 Å². The number of fused-ring (bicyclic) bond motifs is 5. The zero-order valence-electron chi connectivity index (χ0n) is 24.3. The van der Waals surface area contributed by atoms with Crippen LogP contribution in [-0.2, 0) is 34.5 Å². The average Bonchev–Trinajstić information content (AvgIpc) is 3.78. The van der Waals surface area contributed by atoms with Crippen molar-refractivity contribution in [1.82, 2.24) is 39.2 Å². The average molecular weight is 608 g/mol. The van der Waals surface area contributed by atoms with Gasteiger partial charge in [-0.15, -0.1) is 0 Å². The van der Waals surface area contributed by atoms with Gasteiger partial charge in [-0.05, 0) is 29.8 Å². The molecule has 12 nitrogen and oxygen atoms in total. The summed E-state index contributed by atoms with van der Waals surface area (Å²) in [7, 11) is 1.23. The molecule has 2 aromatic carbocycles. The first-order valence-corrected chi connectivity index (χ1v) is 15.7. The van der Waals surface area contributed by atoms with E-state index in [2.05, 4.69) is 20.8 Å². The van der Waals surface area contributed by atoms with Gasteiger partial charge in [0.25, 0.3) is 15.9 Å². The van der Waals surface area contributed by atoms with Crippen molar-refractivity contribution in [1.29, 1.82) is 0 Å². The van der Waals surface area contributed by atoms with Crippen LogP contribution < -0.4 is 15.5 Å². The van der Waals surface area contributed by atoms with Crippen LogP contribution in [0.15, 0.2) is 78.2 Å². The van der Waals surface area contributed by atoms with Gasteiger partial charge < -0.3 is 10.2 Å². The number of hydrogen-bond donors (Lipinski definition) is 2. The Kier molecular flexibility index (Phi) is 5.67. The second kappa shape index (κ2) is 9.32. The van der Waals surface area contributed by atoms with Crippen LogP contribution in [0.1, 0.15) is 5.56 Å². The van der Waals surface area contributed by atoms with E-state index in [1.807, 2.05) is 25.2 Å². The van der Waals surface area contributed by atoms with E-state index in [0.29, 0.717) is 53.1 Å². The Labute approximate surface area is 253 Å². The lowest BCUT2D eigenvalue weighted by Gasteiger charge is -2.34. The molecule has 2 aliphatic heterocycles. The number of likely N-dealkylation sites (N-methyl/N-ethyl adjacent to an activating group) is 1. The molecule has 44 heavy (non-hydrogen) atoms. The van der Waals surface area contributed by atoms with Crippen LogP contribution in [0.3, 0.4) is 0 Å². The molecule has 1 amide bonds. The van der Waals surface area contributed by atoms with E-state index in [0.717, 1.165) is 16.5 Å². The monoisotopic (exact) mass is 607 g/mol. The molecule has 0 saturated carbocycles. The van der Waals surface area contributed by atoms with Crippen LogP contribution in [0.5, 0.6) is 0 Å². The van der Waals surface area contributed by atoms with Crippen LogP contribution in [0.25, 0.3) is 44.3 Å². The molecule has 0 radical (unpaired) electrons. The van der Waals surface area contributed by atoms with Crippen molar-refractivity contribution >= 4 is 43.6 Å². The molecule has 4 aromatic heterocycles. The number of aromatic nitrogens is 6. The number of carbonyl (C=O) groups excluding carboxylic acids is 1. The Balaban J connectivity index is 1.59.